The predicted octanol–water partition coefficient (Wildman–Crippen LogP) is 2.47. The fraction of sp³-hybridized carbons (Fsp3) is 0.851. The average molecular weight is 932 g/mol. The maximum absolute atomic E-state index is 13.8. The van der Waals surface area contributed by atoms with Crippen LogP contribution in [0.15, 0.2) is 23.8 Å². The van der Waals surface area contributed by atoms with Gasteiger partial charge in [-0.2, -0.15) is 0 Å². The molecule has 0 aromatic carbocycles. The largest absolute Gasteiger partial charge is 0.462 e. The summed E-state index contributed by atoms with van der Waals surface area (Å²) in [6.07, 6.45) is -8.52. The van der Waals surface area contributed by atoms with Crippen LogP contribution in [-0.2, 0) is 57.0 Å². The van der Waals surface area contributed by atoms with Crippen LogP contribution in [0.5, 0.6) is 0 Å². The highest BCUT2D eigenvalue weighted by molar-refractivity contribution is 5.91. The molecule has 376 valence electrons. The number of aliphatic hydroxyl groups excluding tert-OH is 4. The van der Waals surface area contributed by atoms with Gasteiger partial charge in [-0.25, -0.2) is 0 Å². The summed E-state index contributed by atoms with van der Waals surface area (Å²) in [7, 11) is 6.44. The lowest BCUT2D eigenvalue weighted by Gasteiger charge is -2.48. The Morgan fingerprint density at radius 1 is 0.923 bits per heavy atom. The Morgan fingerprint density at radius 2 is 1.55 bits per heavy atom. The summed E-state index contributed by atoms with van der Waals surface area (Å²) < 4.78 is 54.6. The zero-order valence-electron chi connectivity index (χ0n) is 41.0. The van der Waals surface area contributed by atoms with Crippen molar-refractivity contribution in [2.24, 2.45) is 23.7 Å². The SMILES string of the molecule is CCC1OC(=O)CC(O)C(C)C(OC2OC(C)C(OC(C)OC(C)C(O)C(C)(C)O)C(N(C)C)C2O)C(CC=O)CC(C)C(=O)/C=C/C(C)=C/C1COC1OC(C)C(O)C(OC)C1OC. The Bertz CT molecular complexity index is 1540. The molecule has 3 heterocycles. The second-order valence-electron chi connectivity index (χ2n) is 19.0. The molecule has 0 aromatic rings. The first-order chi connectivity index (χ1) is 30.4. The highest BCUT2D eigenvalue weighted by atomic mass is 16.7. The summed E-state index contributed by atoms with van der Waals surface area (Å²) in [6.45, 7) is 16.7. The lowest BCUT2D eigenvalue weighted by Crippen LogP contribution is -2.64. The minimum Gasteiger partial charge on any atom is -0.462 e. The van der Waals surface area contributed by atoms with Gasteiger partial charge in [-0.15, -0.1) is 0 Å². The number of hydrogen-bond acceptors (Lipinski definition) is 18. The first-order valence-corrected chi connectivity index (χ1v) is 23.0. The van der Waals surface area contributed by atoms with E-state index in [4.69, 9.17) is 42.6 Å². The highest BCUT2D eigenvalue weighted by Crippen LogP contribution is 2.36. The van der Waals surface area contributed by atoms with E-state index in [1.807, 2.05) is 19.9 Å². The van der Waals surface area contributed by atoms with Crippen molar-refractivity contribution in [3.63, 3.8) is 0 Å². The summed E-state index contributed by atoms with van der Waals surface area (Å²) in [4.78, 5) is 41.5. The summed E-state index contributed by atoms with van der Waals surface area (Å²) in [5, 5.41) is 55.3. The van der Waals surface area contributed by atoms with Crippen LogP contribution in [0.25, 0.3) is 0 Å². The zero-order valence-corrected chi connectivity index (χ0v) is 41.0. The number of carbonyl (C=O) groups is 3. The van der Waals surface area contributed by atoms with Crippen LogP contribution in [0.3, 0.4) is 0 Å². The average Bonchev–Trinajstić information content (AvgIpc) is 3.23. The van der Waals surface area contributed by atoms with Gasteiger partial charge in [0.25, 0.3) is 0 Å². The van der Waals surface area contributed by atoms with E-state index < -0.39 is 140 Å². The molecule has 20 unspecified atom stereocenters. The second kappa shape index (κ2) is 25.9. The highest BCUT2D eigenvalue weighted by Gasteiger charge is 2.50. The van der Waals surface area contributed by atoms with Crippen LogP contribution in [0.2, 0.25) is 0 Å². The fourth-order valence-electron chi connectivity index (χ4n) is 9.13. The predicted molar refractivity (Wildman–Crippen MR) is 237 cm³/mol. The first-order valence-electron chi connectivity index (χ1n) is 23.0. The van der Waals surface area contributed by atoms with E-state index in [0.717, 1.165) is 6.29 Å². The Morgan fingerprint density at radius 3 is 2.12 bits per heavy atom. The van der Waals surface area contributed by atoms with Gasteiger partial charge in [-0.3, -0.25) is 9.59 Å². The van der Waals surface area contributed by atoms with Crippen molar-refractivity contribution in [2.45, 2.75) is 199 Å². The van der Waals surface area contributed by atoms with E-state index in [2.05, 4.69) is 0 Å². The lowest BCUT2D eigenvalue weighted by molar-refractivity contribution is -0.326. The number of rotatable bonds is 17. The van der Waals surface area contributed by atoms with Crippen molar-refractivity contribution in [1.29, 1.82) is 0 Å². The molecule has 3 aliphatic rings. The third-order valence-electron chi connectivity index (χ3n) is 13.0. The van der Waals surface area contributed by atoms with Crippen molar-refractivity contribution in [1.82, 2.24) is 4.90 Å². The quantitative estimate of drug-likeness (QED) is 0.0800. The monoisotopic (exact) mass is 932 g/mol. The van der Waals surface area contributed by atoms with Gasteiger partial charge in [0.1, 0.15) is 49.0 Å². The number of hydrogen-bond donors (Lipinski definition) is 5. The van der Waals surface area contributed by atoms with Crippen molar-refractivity contribution in [2.75, 3.05) is 34.9 Å². The summed E-state index contributed by atoms with van der Waals surface area (Å²) in [5.74, 6) is -3.59. The molecular weight excluding hydrogens is 851 g/mol. The van der Waals surface area contributed by atoms with E-state index in [0.29, 0.717) is 12.0 Å². The third-order valence-corrected chi connectivity index (χ3v) is 13.0. The van der Waals surface area contributed by atoms with Crippen LogP contribution in [0.1, 0.15) is 94.9 Å². The number of ketones is 1. The first kappa shape index (κ1) is 57.1. The molecular formula is C47H81NO17. The number of ether oxygens (including phenoxy) is 9. The van der Waals surface area contributed by atoms with Crippen LogP contribution in [0.4, 0.5) is 0 Å². The minimum absolute atomic E-state index is 0.00838. The second-order valence-corrected chi connectivity index (χ2v) is 19.0. The van der Waals surface area contributed by atoms with E-state index in [1.54, 1.807) is 66.6 Å². The fourth-order valence-corrected chi connectivity index (χ4v) is 9.13. The van der Waals surface area contributed by atoms with Crippen LogP contribution in [-0.4, -0.2) is 187 Å². The summed E-state index contributed by atoms with van der Waals surface area (Å²) >= 11 is 0. The van der Waals surface area contributed by atoms with Gasteiger partial charge in [0.2, 0.25) is 0 Å². The van der Waals surface area contributed by atoms with Crippen LogP contribution >= 0.6 is 0 Å². The standard InChI is InChI=1S/C47H81NO17/c1-15-35-32(23-59-46-43(58-14)42(57-13)38(53)27(5)61-46)20-24(2)16-17-33(50)25(3)21-31(18-19-49)40(26(4)34(51)22-36(52)64-35)65-45-39(54)37(48(11)12)41(28(6)62-45)63-30(8)60-29(7)44(55)47(9,10)56/h16-17,19-20,25-32,34-35,37-46,51,53-56H,15,18,21-23H2,1-14H3/b17-16+,24-20+. The number of cyclic esters (lactones) is 1. The van der Waals surface area contributed by atoms with E-state index in [1.165, 1.54) is 34.1 Å². The number of carbonyl (C=O) groups excluding carboxylic acids is 3. The Balaban J connectivity index is 1.94. The molecule has 5 N–H and O–H groups in total. The smallest absolute Gasteiger partial charge is 0.308 e. The Hall–Kier alpha value is -2.27. The molecule has 2 fully saturated rings. The Labute approximate surface area is 385 Å². The van der Waals surface area contributed by atoms with Gasteiger partial charge in [0.05, 0.1) is 55.2 Å². The molecule has 0 saturated carbocycles. The number of esters is 1. The van der Waals surface area contributed by atoms with Gasteiger partial charge in [-0.1, -0.05) is 38.5 Å². The van der Waals surface area contributed by atoms with Gasteiger partial charge in [-0.05, 0) is 87.4 Å². The molecule has 0 amide bonds. The number of methoxy groups -OCH3 is 2. The molecule has 0 aliphatic carbocycles. The minimum atomic E-state index is -1.43. The molecule has 3 aliphatic heterocycles. The molecule has 18 nitrogen and oxygen atoms in total. The summed E-state index contributed by atoms with van der Waals surface area (Å²) in [6, 6.07) is -0.735. The van der Waals surface area contributed by atoms with Gasteiger partial charge >= 0.3 is 5.97 Å². The van der Waals surface area contributed by atoms with Crippen LogP contribution < -0.4 is 0 Å². The Kier molecular flexibility index (Phi) is 22.7. The van der Waals surface area contributed by atoms with Crippen molar-refractivity contribution in [3.8, 4) is 0 Å². The number of nitrogens with zero attached hydrogens (tertiary/aromatic N) is 1. The van der Waals surface area contributed by atoms with Gasteiger partial charge < -0.3 is 77.9 Å². The molecule has 3 rings (SSSR count). The molecule has 18 heteroatoms. The molecule has 2 saturated heterocycles. The molecule has 20 atom stereocenters. The number of aliphatic hydroxyl groups is 5. The lowest BCUT2D eigenvalue weighted by atomic mass is 9.79. The van der Waals surface area contributed by atoms with E-state index in [-0.39, 0.29) is 25.2 Å². The normalized spacial score (nSPS) is 40.1. The van der Waals surface area contributed by atoms with Gasteiger partial charge in [0.15, 0.2) is 24.7 Å². The van der Waals surface area contributed by atoms with Crippen molar-refractivity contribution < 1.29 is 82.5 Å². The maximum atomic E-state index is 13.8. The van der Waals surface area contributed by atoms with Crippen molar-refractivity contribution >= 4 is 18.0 Å². The summed E-state index contributed by atoms with van der Waals surface area (Å²) in [5.41, 5.74) is -0.746. The van der Waals surface area contributed by atoms with Crippen molar-refractivity contribution in [3.05, 3.63) is 23.8 Å². The molecule has 0 radical (unpaired) electrons. The van der Waals surface area contributed by atoms with E-state index in [9.17, 15) is 39.9 Å². The van der Waals surface area contributed by atoms with E-state index >= 15 is 0 Å². The molecule has 0 spiro atoms. The third kappa shape index (κ3) is 15.6. The number of aldehydes is 1. The van der Waals surface area contributed by atoms with Crippen LogP contribution in [0, 0.1) is 23.7 Å². The number of likely N-dealkylation sites (N-methyl/N-ethyl adjacent to an activating group) is 1. The topological polar surface area (TPSA) is 239 Å². The molecule has 0 bridgehead atoms. The number of allylic oxidation sites excluding steroid dienone is 3. The zero-order chi connectivity index (χ0) is 49.1. The molecule has 65 heavy (non-hydrogen) atoms. The maximum Gasteiger partial charge on any atom is 0.308 e. The van der Waals surface area contributed by atoms with Gasteiger partial charge in [0, 0.05) is 38.4 Å². The molecule has 0 aromatic heterocycles.